The van der Waals surface area contributed by atoms with Crippen molar-refractivity contribution in [2.45, 2.75) is 18.4 Å². The average molecular weight is 461 g/mol. The van der Waals surface area contributed by atoms with E-state index in [2.05, 4.69) is 4.98 Å². The van der Waals surface area contributed by atoms with E-state index in [0.29, 0.717) is 41.1 Å². The van der Waals surface area contributed by atoms with E-state index in [1.807, 2.05) is 0 Å². The first-order valence-electron chi connectivity index (χ1n) is 9.04. The Labute approximate surface area is 180 Å². The Kier molecular flexibility index (Phi) is 6.72. The van der Waals surface area contributed by atoms with Crippen molar-refractivity contribution >= 4 is 39.1 Å². The van der Waals surface area contributed by atoms with Crippen molar-refractivity contribution in [3.8, 4) is 5.75 Å². The minimum absolute atomic E-state index is 0.0259. The molecule has 1 saturated heterocycles. The monoisotopic (exact) mass is 460 g/mol. The molecule has 1 aliphatic rings. The van der Waals surface area contributed by atoms with E-state index >= 15 is 0 Å². The van der Waals surface area contributed by atoms with Crippen LogP contribution >= 0.6 is 23.2 Å². The summed E-state index contributed by atoms with van der Waals surface area (Å²) in [6.45, 7) is 2.81. The van der Waals surface area contributed by atoms with Crippen LogP contribution in [0.15, 0.2) is 29.4 Å². The molecule has 11 heteroatoms. The van der Waals surface area contributed by atoms with Gasteiger partial charge in [0.1, 0.15) is 11.6 Å². The van der Waals surface area contributed by atoms with Crippen molar-refractivity contribution in [3.05, 3.63) is 40.3 Å². The second kappa shape index (κ2) is 8.91. The van der Waals surface area contributed by atoms with Crippen LogP contribution in [0.25, 0.3) is 0 Å². The van der Waals surface area contributed by atoms with Gasteiger partial charge in [0.15, 0.2) is 11.6 Å². The van der Waals surface area contributed by atoms with Crippen LogP contribution in [0, 0.1) is 6.92 Å². The number of carbonyl (C=O) groups is 1. The number of imidazole rings is 1. The van der Waals surface area contributed by atoms with Crippen LogP contribution in [-0.4, -0.2) is 65.9 Å². The number of aromatic nitrogens is 2. The SMILES string of the molecule is Cc1nc(S(=O)(=O)N2CCCN(C(=O)COc3ccc(Cl)cc3Cl)CC2)cn1C. The smallest absolute Gasteiger partial charge is 0.262 e. The van der Waals surface area contributed by atoms with E-state index < -0.39 is 10.0 Å². The van der Waals surface area contributed by atoms with E-state index in [1.54, 1.807) is 35.6 Å². The molecule has 0 radical (unpaired) electrons. The van der Waals surface area contributed by atoms with E-state index in [0.717, 1.165) is 0 Å². The normalized spacial score (nSPS) is 15.9. The van der Waals surface area contributed by atoms with Crippen molar-refractivity contribution < 1.29 is 17.9 Å². The van der Waals surface area contributed by atoms with Crippen molar-refractivity contribution in [2.24, 2.45) is 7.05 Å². The molecule has 1 aliphatic heterocycles. The van der Waals surface area contributed by atoms with Gasteiger partial charge in [-0.15, -0.1) is 0 Å². The van der Waals surface area contributed by atoms with E-state index in [-0.39, 0.29) is 30.6 Å². The number of rotatable bonds is 5. The zero-order valence-electron chi connectivity index (χ0n) is 16.1. The van der Waals surface area contributed by atoms with Gasteiger partial charge in [0.05, 0.1) is 5.02 Å². The van der Waals surface area contributed by atoms with Crippen LogP contribution < -0.4 is 4.74 Å². The molecule has 0 saturated carbocycles. The number of nitrogens with zero attached hydrogens (tertiary/aromatic N) is 4. The summed E-state index contributed by atoms with van der Waals surface area (Å²) in [5.41, 5.74) is 0. The molecule has 0 bridgehead atoms. The molecule has 8 nitrogen and oxygen atoms in total. The number of hydrogen-bond donors (Lipinski definition) is 0. The summed E-state index contributed by atoms with van der Waals surface area (Å²) in [6.07, 6.45) is 2.03. The molecular weight excluding hydrogens is 439 g/mol. The first-order chi connectivity index (χ1) is 13.7. The number of ether oxygens (including phenoxy) is 1. The lowest BCUT2D eigenvalue weighted by Gasteiger charge is -2.21. The molecule has 0 unspecified atom stereocenters. The van der Waals surface area contributed by atoms with Gasteiger partial charge in [-0.3, -0.25) is 4.79 Å². The molecular formula is C18H22Cl2N4O4S. The number of benzene rings is 1. The first-order valence-corrected chi connectivity index (χ1v) is 11.2. The van der Waals surface area contributed by atoms with Gasteiger partial charge in [-0.05, 0) is 31.5 Å². The number of hydrogen-bond acceptors (Lipinski definition) is 5. The standard InChI is InChI=1S/C18H22Cl2N4O4S/c1-13-21-17(11-22(13)2)29(26,27)24-7-3-6-23(8-9-24)18(25)12-28-16-5-4-14(19)10-15(16)20/h4-5,10-11H,3,6-9,12H2,1-2H3. The van der Waals surface area contributed by atoms with Gasteiger partial charge in [-0.1, -0.05) is 23.2 Å². The maximum atomic E-state index is 12.9. The predicted molar refractivity (Wildman–Crippen MR) is 110 cm³/mol. The predicted octanol–water partition coefficient (Wildman–Crippen LogP) is 2.34. The van der Waals surface area contributed by atoms with Crippen LogP contribution in [-0.2, 0) is 21.9 Å². The second-order valence-electron chi connectivity index (χ2n) is 6.74. The number of halogens is 2. The Balaban J connectivity index is 1.61. The van der Waals surface area contributed by atoms with Gasteiger partial charge in [-0.25, -0.2) is 13.4 Å². The van der Waals surface area contributed by atoms with Gasteiger partial charge in [0.2, 0.25) is 0 Å². The maximum Gasteiger partial charge on any atom is 0.262 e. The fraction of sp³-hybridized carbons (Fsp3) is 0.444. The van der Waals surface area contributed by atoms with Crippen molar-refractivity contribution in [1.82, 2.24) is 18.8 Å². The zero-order valence-corrected chi connectivity index (χ0v) is 18.5. The fourth-order valence-corrected chi connectivity index (χ4v) is 4.95. The minimum Gasteiger partial charge on any atom is -0.482 e. The Morgan fingerprint density at radius 2 is 1.97 bits per heavy atom. The summed E-state index contributed by atoms with van der Waals surface area (Å²) in [5.74, 6) is 0.756. The van der Waals surface area contributed by atoms with E-state index in [1.165, 1.54) is 16.6 Å². The molecule has 1 amide bonds. The molecule has 2 aromatic rings. The lowest BCUT2D eigenvalue weighted by atomic mass is 10.3. The van der Waals surface area contributed by atoms with Gasteiger partial charge in [0.25, 0.3) is 15.9 Å². The largest absolute Gasteiger partial charge is 0.482 e. The highest BCUT2D eigenvalue weighted by Crippen LogP contribution is 2.27. The molecule has 3 rings (SSSR count). The third-order valence-electron chi connectivity index (χ3n) is 4.74. The highest BCUT2D eigenvalue weighted by Gasteiger charge is 2.30. The summed E-state index contributed by atoms with van der Waals surface area (Å²) < 4.78 is 34.2. The number of carbonyl (C=O) groups excluding carboxylic acids is 1. The van der Waals surface area contributed by atoms with Crippen LogP contribution in [0.5, 0.6) is 5.75 Å². The molecule has 29 heavy (non-hydrogen) atoms. The minimum atomic E-state index is -3.70. The summed E-state index contributed by atoms with van der Waals surface area (Å²) in [5, 5.41) is 0.827. The number of sulfonamides is 1. The van der Waals surface area contributed by atoms with Crippen LogP contribution in [0.3, 0.4) is 0 Å². The maximum absolute atomic E-state index is 12.9. The Hall–Kier alpha value is -1.81. The van der Waals surface area contributed by atoms with Crippen LogP contribution in [0.4, 0.5) is 0 Å². The van der Waals surface area contributed by atoms with Crippen molar-refractivity contribution in [3.63, 3.8) is 0 Å². The fourth-order valence-electron chi connectivity index (χ4n) is 2.99. The lowest BCUT2D eigenvalue weighted by Crippen LogP contribution is -2.39. The summed E-state index contributed by atoms with van der Waals surface area (Å²) >= 11 is 11.9. The topological polar surface area (TPSA) is 84.7 Å². The van der Waals surface area contributed by atoms with Gasteiger partial charge in [0, 0.05) is 44.4 Å². The second-order valence-corrected chi connectivity index (χ2v) is 9.47. The molecule has 2 heterocycles. The first kappa shape index (κ1) is 21.9. The Morgan fingerprint density at radius 3 is 2.62 bits per heavy atom. The third-order valence-corrected chi connectivity index (χ3v) is 7.04. The summed E-state index contributed by atoms with van der Waals surface area (Å²) in [6, 6.07) is 4.77. The van der Waals surface area contributed by atoms with E-state index in [4.69, 9.17) is 27.9 Å². The van der Waals surface area contributed by atoms with Crippen LogP contribution in [0.1, 0.15) is 12.2 Å². The highest BCUT2D eigenvalue weighted by molar-refractivity contribution is 7.89. The quantitative estimate of drug-likeness (QED) is 0.683. The zero-order chi connectivity index (χ0) is 21.2. The number of amides is 1. The molecule has 1 aromatic carbocycles. The van der Waals surface area contributed by atoms with Gasteiger partial charge in [-0.2, -0.15) is 4.31 Å². The van der Waals surface area contributed by atoms with Crippen molar-refractivity contribution in [1.29, 1.82) is 0 Å². The average Bonchev–Trinajstić information content (AvgIpc) is 2.86. The molecule has 158 valence electrons. The van der Waals surface area contributed by atoms with Crippen LogP contribution in [0.2, 0.25) is 10.0 Å². The van der Waals surface area contributed by atoms with Gasteiger partial charge >= 0.3 is 0 Å². The molecule has 0 N–H and O–H groups in total. The lowest BCUT2D eigenvalue weighted by molar-refractivity contribution is -0.133. The summed E-state index contributed by atoms with van der Waals surface area (Å²) in [4.78, 5) is 18.3. The molecule has 0 atom stereocenters. The molecule has 0 spiro atoms. The number of aryl methyl sites for hydroxylation is 2. The Morgan fingerprint density at radius 1 is 1.21 bits per heavy atom. The molecule has 1 aromatic heterocycles. The Bertz CT molecular complexity index is 990. The van der Waals surface area contributed by atoms with Gasteiger partial charge < -0.3 is 14.2 Å². The molecule has 0 aliphatic carbocycles. The third kappa shape index (κ3) is 5.03. The van der Waals surface area contributed by atoms with E-state index in [9.17, 15) is 13.2 Å². The molecule has 1 fully saturated rings. The summed E-state index contributed by atoms with van der Waals surface area (Å²) in [7, 11) is -1.95. The van der Waals surface area contributed by atoms with Crippen molar-refractivity contribution in [2.75, 3.05) is 32.8 Å². The highest BCUT2D eigenvalue weighted by atomic mass is 35.5.